The minimum Gasteiger partial charge on any atom is -0.468 e. The van der Waals surface area contributed by atoms with Crippen LogP contribution < -0.4 is 31.3 Å². The van der Waals surface area contributed by atoms with E-state index < -0.39 is 330 Å². The van der Waals surface area contributed by atoms with Crippen LogP contribution in [0.4, 0.5) is 51.2 Å². The molecule has 3 aromatic heterocycles. The number of aromatic nitrogens is 1. The van der Waals surface area contributed by atoms with E-state index in [-0.39, 0.29) is 47.7 Å². The number of thiophene rings is 1. The Hall–Kier alpha value is -8.78. The number of rotatable bonds is 5. The number of fused-ring (bicyclic) bond motifs is 14. The van der Waals surface area contributed by atoms with Gasteiger partial charge in [-0.25, -0.2) is 0 Å². The van der Waals surface area contributed by atoms with Crippen molar-refractivity contribution in [3.8, 4) is 16.8 Å². The summed E-state index contributed by atoms with van der Waals surface area (Å²) in [6, 6.07) is -33.1. The Morgan fingerprint density at radius 2 is 1.14 bits per heavy atom. The van der Waals surface area contributed by atoms with E-state index >= 15 is 0 Å². The van der Waals surface area contributed by atoms with Crippen molar-refractivity contribution >= 4 is 139 Å². The molecule has 16 rings (SSSR count). The van der Waals surface area contributed by atoms with Crippen LogP contribution >= 0.6 is 11.3 Å². The fraction of sp³-hybridized carbons (Fsp3) is 0.114. The second kappa shape index (κ2) is 15.9. The zero-order valence-electron chi connectivity index (χ0n) is 76.2. The van der Waals surface area contributed by atoms with Crippen molar-refractivity contribution in [2.75, 3.05) is 14.7 Å². The molecule has 10 aromatic carbocycles. The molecular weight excluding hydrogens is 956 g/mol. The Labute approximate surface area is 501 Å². The summed E-state index contributed by atoms with van der Waals surface area (Å²) >= 11 is 0.535. The molecule has 0 spiro atoms. The van der Waals surface area contributed by atoms with Gasteiger partial charge in [-0.15, -0.1) is 11.3 Å². The van der Waals surface area contributed by atoms with Crippen LogP contribution in [0.1, 0.15) is 101 Å². The minimum absolute atomic E-state index is 0.00453. The van der Waals surface area contributed by atoms with Crippen molar-refractivity contribution in [2.45, 2.75) is 52.4 Å². The quantitative estimate of drug-likeness (QED) is 0.161. The number of anilines is 9. The average Bonchev–Trinajstić information content (AvgIpc) is 1.30. The Bertz CT molecular complexity index is 6620. The highest BCUT2D eigenvalue weighted by Gasteiger charge is 2.49. The number of nitrogens with zero attached hydrogens (tertiary/aromatic N) is 4. The largest absolute Gasteiger partial charge is 0.468 e. The van der Waals surface area contributed by atoms with Crippen LogP contribution in [0.3, 0.4) is 0 Å². The topological polar surface area (TPSA) is 27.8 Å². The van der Waals surface area contributed by atoms with Gasteiger partial charge in [-0.05, 0) is 141 Å². The molecular formula is C70H53BN4OS. The van der Waals surface area contributed by atoms with Crippen LogP contribution in [0.2, 0.25) is 0 Å². The highest BCUT2D eigenvalue weighted by Crippen LogP contribution is 2.56. The number of furan rings is 1. The average molecular weight is 1040 g/mol. The van der Waals surface area contributed by atoms with Gasteiger partial charge in [-0.2, -0.15) is 0 Å². The lowest BCUT2D eigenvalue weighted by Crippen LogP contribution is -2.61. The number of benzene rings is 10. The fourth-order valence-corrected chi connectivity index (χ4v) is 11.5. The molecule has 0 atom stereocenters. The van der Waals surface area contributed by atoms with E-state index in [1.54, 1.807) is 41.5 Å². The molecule has 0 bridgehead atoms. The summed E-state index contributed by atoms with van der Waals surface area (Å²) in [7, 11) is 0. The summed E-state index contributed by atoms with van der Waals surface area (Å²) in [6.45, 7) is 7.77. The van der Waals surface area contributed by atoms with Crippen molar-refractivity contribution in [1.82, 2.24) is 4.57 Å². The van der Waals surface area contributed by atoms with Gasteiger partial charge < -0.3 is 23.7 Å². The molecule has 6 heterocycles. The molecule has 7 heteroatoms. The van der Waals surface area contributed by atoms with Crippen molar-refractivity contribution < 1.29 is 52.4 Å². The summed E-state index contributed by atoms with van der Waals surface area (Å²) in [5.41, 5.74) is -15.9. The van der Waals surface area contributed by atoms with E-state index in [9.17, 15) is 37.0 Å². The zero-order chi connectivity index (χ0) is 82.1. The molecule has 0 N–H and O–H groups in total. The molecule has 3 aliphatic rings. The van der Waals surface area contributed by atoms with Gasteiger partial charge in [-0.1, -0.05) is 156 Å². The SMILES string of the molecule is [2H]c1c([2H])c([2H])c(-c2c([2H])c([2H])c3oc4c(c3c2[2H])N(c2c([2H])c([2H])c3c(sc5c([2H])c([2H])c([2H])c([2H])c53)c2[2H])c2c([2H])c(N(c3c([2H])c([2H])c([2H])c([2H])c3[2H])c3c([2H])c([2H])c([2H])c([2H])c3[2H])c([2H])c3c2B4c2c([2H])c([2H])c([2H])c4c2N3c2c([2H])c(C(C)(C)C)c([2H])c3c5c([2H])c(C(C)(C)C)c([2H])c([2H])c5n-4c23)c([2H])c1[2H]. The first kappa shape index (κ1) is 22.1. The molecule has 368 valence electrons. The van der Waals surface area contributed by atoms with E-state index in [0.717, 1.165) is 9.80 Å². The molecule has 0 saturated heterocycles. The first-order valence-electron chi connectivity index (χ1n) is 41.6. The normalized spacial score (nSPS) is 19.9. The van der Waals surface area contributed by atoms with Crippen LogP contribution in [0.15, 0.2) is 216 Å². The Kier molecular flexibility index (Phi) is 4.55. The zero-order valence-corrected chi connectivity index (χ0v) is 42.0. The smallest absolute Gasteiger partial charge is 0.297 e. The van der Waals surface area contributed by atoms with Crippen LogP contribution in [-0.4, -0.2) is 11.3 Å². The Balaban J connectivity index is 1.25. The lowest BCUT2D eigenvalue weighted by molar-refractivity contribution is 0.590. The summed E-state index contributed by atoms with van der Waals surface area (Å²) in [4.78, 5) is 2.36. The molecule has 3 aliphatic heterocycles. The molecule has 0 fully saturated rings. The number of hydrogen-bond donors (Lipinski definition) is 0. The Morgan fingerprint density at radius 3 is 1.88 bits per heavy atom. The van der Waals surface area contributed by atoms with Crippen LogP contribution in [-0.2, 0) is 10.8 Å². The maximum Gasteiger partial charge on any atom is 0.297 e. The van der Waals surface area contributed by atoms with E-state index in [1.807, 2.05) is 0 Å². The molecule has 0 saturated carbocycles. The first-order chi connectivity index (χ1) is 52.1. The van der Waals surface area contributed by atoms with Gasteiger partial charge in [0.15, 0.2) is 0 Å². The highest BCUT2D eigenvalue weighted by atomic mass is 32.1. The van der Waals surface area contributed by atoms with Crippen molar-refractivity contribution in [3.63, 3.8) is 0 Å². The van der Waals surface area contributed by atoms with E-state index in [4.69, 9.17) is 15.4 Å². The second-order valence-corrected chi connectivity index (χ2v) is 21.6. The number of para-hydroxylation sites is 3. The number of hydrogen-bond acceptors (Lipinski definition) is 5. The monoisotopic (exact) mass is 1040 g/mol. The first-order valence-corrected chi connectivity index (χ1v) is 24.9. The van der Waals surface area contributed by atoms with E-state index in [1.165, 1.54) is 4.57 Å². The van der Waals surface area contributed by atoms with E-state index in [0.29, 0.717) is 16.2 Å². The maximum atomic E-state index is 11.4. The third-order valence-electron chi connectivity index (χ3n) is 13.9. The van der Waals surface area contributed by atoms with Crippen LogP contribution in [0.25, 0.3) is 69.8 Å². The van der Waals surface area contributed by atoms with Crippen molar-refractivity contribution in [1.29, 1.82) is 0 Å². The molecule has 5 nitrogen and oxygen atoms in total. The van der Waals surface area contributed by atoms with Gasteiger partial charge in [0.05, 0.1) is 93.1 Å². The highest BCUT2D eigenvalue weighted by molar-refractivity contribution is 7.25. The van der Waals surface area contributed by atoms with Gasteiger partial charge in [-0.3, -0.25) is 0 Å². The molecule has 0 aliphatic carbocycles. The predicted molar refractivity (Wildman–Crippen MR) is 329 cm³/mol. The second-order valence-electron chi connectivity index (χ2n) is 20.6. The lowest BCUT2D eigenvalue weighted by atomic mass is 9.35. The molecule has 13 aromatic rings. The minimum atomic E-state index is -2.18. The van der Waals surface area contributed by atoms with Gasteiger partial charge >= 0.3 is 0 Å². The Morgan fingerprint density at radius 1 is 0.468 bits per heavy atom. The van der Waals surface area contributed by atoms with Gasteiger partial charge in [0.1, 0.15) is 5.58 Å². The van der Waals surface area contributed by atoms with Crippen LogP contribution in [0, 0.1) is 0 Å². The van der Waals surface area contributed by atoms with Crippen molar-refractivity contribution in [3.05, 3.63) is 223 Å². The van der Waals surface area contributed by atoms with Crippen LogP contribution in [0.5, 0.6) is 0 Å². The van der Waals surface area contributed by atoms with Gasteiger partial charge in [0, 0.05) is 64.8 Å². The standard InChI is InChI=1S/C70H53BN4OS/c1-69(2,3)44-30-33-56-52(36-44)53-37-45(70(4,5)6)38-60-65(53)74(56)57-27-18-26-55-67(57)75(60)59-40-49(72(46-21-12-8-13-22-46)47-23-14-9-15-24-47)39-58-64(59)71(55)68-66(54-35-43(29-34-61(54)76-68)42-19-10-7-11-20-42)73(58)48-31-32-51-50-25-16-17-28-62(50)77-63(51)41-48/h7-41H,1-6H3/i7D,8D,9D,10D,11D,12D,13D,14D,15D,16D,17D,18D,19D,20D,21D,22D,23D,24D,25D,26D,27D,28D,29D,30D,31D,32D,33D,34D,35D,36D,37D,38D,39D,40D,41D. The summed E-state index contributed by atoms with van der Waals surface area (Å²) in [6.07, 6.45) is 0. The third-order valence-corrected chi connectivity index (χ3v) is 14.9. The maximum absolute atomic E-state index is 11.4. The lowest BCUT2D eigenvalue weighted by Gasteiger charge is -2.45. The molecule has 0 amide bonds. The van der Waals surface area contributed by atoms with Gasteiger partial charge in [0.25, 0.3) is 6.71 Å². The summed E-state index contributed by atoms with van der Waals surface area (Å²) in [5, 5.41) is -1.92. The molecule has 0 unspecified atom stereocenters. The third kappa shape index (κ3) is 6.41. The summed E-state index contributed by atoms with van der Waals surface area (Å²) in [5.74, 6) is 0. The van der Waals surface area contributed by atoms with Crippen molar-refractivity contribution in [2.24, 2.45) is 0 Å². The summed E-state index contributed by atoms with van der Waals surface area (Å²) < 4.78 is 348. The molecule has 0 radical (unpaired) electrons. The van der Waals surface area contributed by atoms with E-state index in [2.05, 4.69) is 0 Å². The predicted octanol–water partition coefficient (Wildman–Crippen LogP) is 18.0. The fourth-order valence-electron chi connectivity index (χ4n) is 10.5. The van der Waals surface area contributed by atoms with Gasteiger partial charge in [0.2, 0.25) is 0 Å². The molecule has 77 heavy (non-hydrogen) atoms.